The standard InChI is InChI=1S/C18H19NO3/c20-17-10-11-19(12-17)16-8-6-15(7-9-16)18(21)22-13-14-4-2-1-3-5-14/h1-9,17,20H,10-13H2/t17-/m0/s1. The molecule has 1 fully saturated rings. The van der Waals surface area contributed by atoms with Crippen molar-refractivity contribution in [3.05, 3.63) is 65.7 Å². The van der Waals surface area contributed by atoms with Crippen molar-refractivity contribution < 1.29 is 14.6 Å². The van der Waals surface area contributed by atoms with Crippen molar-refractivity contribution in [1.29, 1.82) is 0 Å². The van der Waals surface area contributed by atoms with E-state index in [9.17, 15) is 9.90 Å². The summed E-state index contributed by atoms with van der Waals surface area (Å²) in [5.74, 6) is -0.322. The van der Waals surface area contributed by atoms with Crippen molar-refractivity contribution in [3.8, 4) is 0 Å². The Bertz CT molecular complexity index is 625. The molecule has 2 aromatic rings. The summed E-state index contributed by atoms with van der Waals surface area (Å²) in [5.41, 5.74) is 2.54. The van der Waals surface area contributed by atoms with Gasteiger partial charge in [-0.3, -0.25) is 0 Å². The van der Waals surface area contributed by atoms with Crippen LogP contribution in [0, 0.1) is 0 Å². The molecule has 2 aromatic carbocycles. The number of benzene rings is 2. The lowest BCUT2D eigenvalue weighted by molar-refractivity contribution is 0.0472. The fraction of sp³-hybridized carbons (Fsp3) is 0.278. The predicted molar refractivity (Wildman–Crippen MR) is 84.8 cm³/mol. The number of esters is 1. The van der Waals surface area contributed by atoms with Crippen molar-refractivity contribution in [2.45, 2.75) is 19.1 Å². The van der Waals surface area contributed by atoms with Gasteiger partial charge in [-0.1, -0.05) is 30.3 Å². The predicted octanol–water partition coefficient (Wildman–Crippen LogP) is 2.61. The quantitative estimate of drug-likeness (QED) is 0.881. The Hall–Kier alpha value is -2.33. The van der Waals surface area contributed by atoms with Gasteiger partial charge >= 0.3 is 5.97 Å². The molecule has 0 saturated carbocycles. The molecule has 0 aliphatic carbocycles. The first-order chi connectivity index (χ1) is 10.7. The Balaban J connectivity index is 1.59. The summed E-state index contributed by atoms with van der Waals surface area (Å²) in [4.78, 5) is 14.1. The van der Waals surface area contributed by atoms with Crippen LogP contribution in [-0.4, -0.2) is 30.3 Å². The number of carbonyl (C=O) groups is 1. The van der Waals surface area contributed by atoms with E-state index in [1.54, 1.807) is 12.1 Å². The van der Waals surface area contributed by atoms with E-state index in [1.807, 2.05) is 42.5 Å². The first-order valence-corrected chi connectivity index (χ1v) is 7.46. The van der Waals surface area contributed by atoms with Gasteiger partial charge in [0.05, 0.1) is 11.7 Å². The first-order valence-electron chi connectivity index (χ1n) is 7.46. The molecule has 1 aliphatic rings. The van der Waals surface area contributed by atoms with Gasteiger partial charge in [0.1, 0.15) is 6.61 Å². The third-order valence-corrected chi connectivity index (χ3v) is 3.84. The monoisotopic (exact) mass is 297 g/mol. The second-order valence-electron chi connectivity index (χ2n) is 5.50. The number of hydrogen-bond donors (Lipinski definition) is 1. The van der Waals surface area contributed by atoms with Gasteiger partial charge in [0.2, 0.25) is 0 Å². The zero-order valence-corrected chi connectivity index (χ0v) is 12.3. The maximum atomic E-state index is 12.0. The summed E-state index contributed by atoms with van der Waals surface area (Å²) >= 11 is 0. The van der Waals surface area contributed by atoms with Gasteiger partial charge in [-0.25, -0.2) is 4.79 Å². The third kappa shape index (κ3) is 3.46. The number of carbonyl (C=O) groups excluding carboxylic acids is 1. The smallest absolute Gasteiger partial charge is 0.338 e. The molecule has 114 valence electrons. The second kappa shape index (κ2) is 6.62. The zero-order chi connectivity index (χ0) is 15.4. The van der Waals surface area contributed by atoms with E-state index in [1.165, 1.54) is 0 Å². The lowest BCUT2D eigenvalue weighted by atomic mass is 10.2. The number of ether oxygens (including phenoxy) is 1. The fourth-order valence-electron chi connectivity index (χ4n) is 2.59. The van der Waals surface area contributed by atoms with E-state index in [4.69, 9.17) is 4.74 Å². The zero-order valence-electron chi connectivity index (χ0n) is 12.3. The maximum Gasteiger partial charge on any atom is 0.338 e. The molecule has 0 radical (unpaired) electrons. The van der Waals surface area contributed by atoms with E-state index < -0.39 is 0 Å². The van der Waals surface area contributed by atoms with Gasteiger partial charge < -0.3 is 14.7 Å². The van der Waals surface area contributed by atoms with Gasteiger partial charge in [-0.2, -0.15) is 0 Å². The van der Waals surface area contributed by atoms with Gasteiger partial charge in [0.25, 0.3) is 0 Å². The third-order valence-electron chi connectivity index (χ3n) is 3.84. The number of rotatable bonds is 4. The van der Waals surface area contributed by atoms with E-state index in [0.717, 1.165) is 24.2 Å². The Labute approximate surface area is 130 Å². The van der Waals surface area contributed by atoms with Crippen molar-refractivity contribution in [2.75, 3.05) is 18.0 Å². The van der Waals surface area contributed by atoms with Crippen LogP contribution in [0.1, 0.15) is 22.3 Å². The topological polar surface area (TPSA) is 49.8 Å². The van der Waals surface area contributed by atoms with Crippen LogP contribution in [0.25, 0.3) is 0 Å². The van der Waals surface area contributed by atoms with E-state index in [2.05, 4.69) is 4.90 Å². The Morgan fingerprint density at radius 2 is 1.86 bits per heavy atom. The molecular formula is C18H19NO3. The van der Waals surface area contributed by atoms with Crippen LogP contribution in [0.5, 0.6) is 0 Å². The lowest BCUT2D eigenvalue weighted by Gasteiger charge is -2.17. The maximum absolute atomic E-state index is 12.0. The molecule has 3 rings (SSSR count). The number of nitrogens with zero attached hydrogens (tertiary/aromatic N) is 1. The normalized spacial score (nSPS) is 17.5. The Morgan fingerprint density at radius 3 is 2.50 bits per heavy atom. The highest BCUT2D eigenvalue weighted by Crippen LogP contribution is 2.21. The van der Waals surface area contributed by atoms with Crippen molar-refractivity contribution in [3.63, 3.8) is 0 Å². The number of β-amino-alcohol motifs (C(OH)–C–C–N with tert-alkyl or cyclic N) is 1. The molecule has 1 heterocycles. The Kier molecular flexibility index (Phi) is 4.39. The van der Waals surface area contributed by atoms with E-state index >= 15 is 0 Å². The fourth-order valence-corrected chi connectivity index (χ4v) is 2.59. The highest BCUT2D eigenvalue weighted by atomic mass is 16.5. The van der Waals surface area contributed by atoms with Gasteiger partial charge in [-0.05, 0) is 36.2 Å². The van der Waals surface area contributed by atoms with Crippen molar-refractivity contribution in [2.24, 2.45) is 0 Å². The molecule has 1 saturated heterocycles. The number of aliphatic hydroxyl groups excluding tert-OH is 1. The van der Waals surface area contributed by atoms with Crippen molar-refractivity contribution in [1.82, 2.24) is 0 Å². The van der Waals surface area contributed by atoms with Crippen LogP contribution < -0.4 is 4.90 Å². The minimum absolute atomic E-state index is 0.254. The van der Waals surface area contributed by atoms with Crippen LogP contribution >= 0.6 is 0 Å². The van der Waals surface area contributed by atoms with Crippen LogP contribution in [0.2, 0.25) is 0 Å². The summed E-state index contributed by atoms with van der Waals surface area (Å²) in [6.45, 7) is 1.77. The highest BCUT2D eigenvalue weighted by Gasteiger charge is 2.20. The molecule has 0 amide bonds. The van der Waals surface area contributed by atoms with Gasteiger partial charge in [-0.15, -0.1) is 0 Å². The first kappa shape index (κ1) is 14.6. The van der Waals surface area contributed by atoms with E-state index in [-0.39, 0.29) is 18.7 Å². The van der Waals surface area contributed by atoms with Gasteiger partial charge in [0.15, 0.2) is 0 Å². The lowest BCUT2D eigenvalue weighted by Crippen LogP contribution is -2.21. The Morgan fingerprint density at radius 1 is 1.14 bits per heavy atom. The van der Waals surface area contributed by atoms with E-state index in [0.29, 0.717) is 12.1 Å². The largest absolute Gasteiger partial charge is 0.457 e. The minimum Gasteiger partial charge on any atom is -0.457 e. The van der Waals surface area contributed by atoms with Crippen LogP contribution in [0.3, 0.4) is 0 Å². The molecule has 1 N–H and O–H groups in total. The molecule has 22 heavy (non-hydrogen) atoms. The molecule has 0 bridgehead atoms. The highest BCUT2D eigenvalue weighted by molar-refractivity contribution is 5.89. The SMILES string of the molecule is O=C(OCc1ccccc1)c1ccc(N2CC[C@H](O)C2)cc1. The molecule has 1 aliphatic heterocycles. The number of aliphatic hydroxyl groups is 1. The molecule has 0 spiro atoms. The summed E-state index contributed by atoms with van der Waals surface area (Å²) in [5, 5.41) is 9.57. The molecule has 0 unspecified atom stereocenters. The minimum atomic E-state index is -0.322. The van der Waals surface area contributed by atoms with Crippen LogP contribution in [-0.2, 0) is 11.3 Å². The average Bonchev–Trinajstić information content (AvgIpc) is 3.00. The number of anilines is 1. The summed E-state index contributed by atoms with van der Waals surface area (Å²) < 4.78 is 5.30. The number of hydrogen-bond acceptors (Lipinski definition) is 4. The summed E-state index contributed by atoms with van der Waals surface area (Å²) in [6, 6.07) is 17.0. The second-order valence-corrected chi connectivity index (χ2v) is 5.50. The molecule has 0 aromatic heterocycles. The van der Waals surface area contributed by atoms with Crippen molar-refractivity contribution >= 4 is 11.7 Å². The molecule has 4 nitrogen and oxygen atoms in total. The van der Waals surface area contributed by atoms with Gasteiger partial charge in [0, 0.05) is 18.8 Å². The van der Waals surface area contributed by atoms with Crippen LogP contribution in [0.15, 0.2) is 54.6 Å². The molecular weight excluding hydrogens is 278 g/mol. The molecule has 4 heteroatoms. The molecule has 1 atom stereocenters. The van der Waals surface area contributed by atoms with Crippen LogP contribution in [0.4, 0.5) is 5.69 Å². The average molecular weight is 297 g/mol. The summed E-state index contributed by atoms with van der Waals surface area (Å²) in [6.07, 6.45) is 0.538. The summed E-state index contributed by atoms with van der Waals surface area (Å²) in [7, 11) is 0.